The molecule has 10 heteroatoms. The van der Waals surface area contributed by atoms with Gasteiger partial charge in [-0.1, -0.05) is 4.98 Å². The van der Waals surface area contributed by atoms with Crippen LogP contribution in [0.4, 0.5) is 5.95 Å². The lowest BCUT2D eigenvalue weighted by molar-refractivity contribution is -0.395. The Morgan fingerprint density at radius 2 is 1.67 bits per heavy atom. The van der Waals surface area contributed by atoms with Crippen LogP contribution in [0.25, 0.3) is 0 Å². The Morgan fingerprint density at radius 3 is 2.15 bits per heavy atom. The number of rotatable bonds is 10. The SMILES string of the molecule is CC(=O)C(C)(C)NCCCNC(C)(C)C(=O)C(=O)n1c(C)cnc1[N+](=O)[O-]. The van der Waals surface area contributed by atoms with Crippen LogP contribution in [0.5, 0.6) is 0 Å². The van der Waals surface area contributed by atoms with E-state index in [2.05, 4.69) is 15.6 Å². The van der Waals surface area contributed by atoms with Crippen LogP contribution in [0, 0.1) is 17.0 Å². The highest BCUT2D eigenvalue weighted by Crippen LogP contribution is 2.15. The highest BCUT2D eigenvalue weighted by atomic mass is 16.6. The normalized spacial score (nSPS) is 12.1. The van der Waals surface area contributed by atoms with Gasteiger partial charge in [-0.15, -0.1) is 0 Å². The molecule has 2 N–H and O–H groups in total. The third-order valence-corrected chi connectivity index (χ3v) is 4.42. The van der Waals surface area contributed by atoms with Gasteiger partial charge in [0.1, 0.15) is 17.7 Å². The van der Waals surface area contributed by atoms with E-state index in [1.807, 2.05) is 0 Å². The molecule has 150 valence electrons. The number of aromatic nitrogens is 2. The highest BCUT2D eigenvalue weighted by Gasteiger charge is 2.38. The molecule has 0 aromatic carbocycles. The zero-order chi connectivity index (χ0) is 21.0. The zero-order valence-corrected chi connectivity index (χ0v) is 16.6. The van der Waals surface area contributed by atoms with Crippen molar-refractivity contribution in [3.63, 3.8) is 0 Å². The molecule has 1 aromatic heterocycles. The molecule has 27 heavy (non-hydrogen) atoms. The summed E-state index contributed by atoms with van der Waals surface area (Å²) in [6, 6.07) is 0. The molecule has 0 radical (unpaired) electrons. The molecule has 0 spiro atoms. The number of aryl methyl sites for hydroxylation is 1. The molecule has 0 aliphatic rings. The molecular weight excluding hydrogens is 354 g/mol. The third kappa shape index (κ3) is 5.51. The smallest absolute Gasteiger partial charge is 0.390 e. The number of nitrogens with one attached hydrogen (secondary N) is 2. The molecule has 0 saturated carbocycles. The second-order valence-electron chi connectivity index (χ2n) is 7.44. The van der Waals surface area contributed by atoms with E-state index < -0.39 is 33.6 Å². The predicted octanol–water partition coefficient (Wildman–Crippen LogP) is 1.02. The fourth-order valence-electron chi connectivity index (χ4n) is 2.27. The first-order chi connectivity index (χ1) is 12.3. The Kier molecular flexibility index (Phi) is 7.10. The van der Waals surface area contributed by atoms with Crippen LogP contribution in [0.2, 0.25) is 0 Å². The van der Waals surface area contributed by atoms with Gasteiger partial charge in [0.2, 0.25) is 0 Å². The fraction of sp³-hybridized carbons (Fsp3) is 0.647. The van der Waals surface area contributed by atoms with Gasteiger partial charge in [0.15, 0.2) is 0 Å². The van der Waals surface area contributed by atoms with E-state index in [1.165, 1.54) is 33.9 Å². The van der Waals surface area contributed by atoms with Crippen molar-refractivity contribution in [3.8, 4) is 0 Å². The maximum atomic E-state index is 12.6. The summed E-state index contributed by atoms with van der Waals surface area (Å²) in [5, 5.41) is 17.1. The van der Waals surface area contributed by atoms with Crippen LogP contribution in [-0.2, 0) is 9.59 Å². The van der Waals surface area contributed by atoms with E-state index in [0.717, 1.165) is 0 Å². The van der Waals surface area contributed by atoms with Crippen LogP contribution in [-0.4, -0.2) is 56.1 Å². The lowest BCUT2D eigenvalue weighted by Crippen LogP contribution is -2.52. The lowest BCUT2D eigenvalue weighted by Gasteiger charge is -2.25. The number of Topliss-reactive ketones (excluding diaryl/α,β-unsaturated/α-hetero) is 2. The molecule has 0 saturated heterocycles. The molecule has 10 nitrogen and oxygen atoms in total. The first kappa shape index (κ1) is 22.6. The molecule has 1 aromatic rings. The van der Waals surface area contributed by atoms with E-state index in [9.17, 15) is 24.5 Å². The van der Waals surface area contributed by atoms with E-state index in [-0.39, 0.29) is 11.5 Å². The molecule has 0 bridgehead atoms. The van der Waals surface area contributed by atoms with Crippen molar-refractivity contribution in [2.24, 2.45) is 0 Å². The van der Waals surface area contributed by atoms with Gasteiger partial charge < -0.3 is 20.7 Å². The number of hydrogen-bond acceptors (Lipinski definition) is 8. The van der Waals surface area contributed by atoms with E-state index in [4.69, 9.17) is 0 Å². The number of ketones is 2. The van der Waals surface area contributed by atoms with Crippen molar-refractivity contribution in [2.45, 2.75) is 59.0 Å². The fourth-order valence-corrected chi connectivity index (χ4v) is 2.27. The van der Waals surface area contributed by atoms with Crippen molar-refractivity contribution >= 4 is 23.4 Å². The molecule has 0 fully saturated rings. The number of carbonyl (C=O) groups is 3. The van der Waals surface area contributed by atoms with Gasteiger partial charge in [0.05, 0.1) is 11.1 Å². The van der Waals surface area contributed by atoms with Crippen LogP contribution in [0.3, 0.4) is 0 Å². The molecular formula is C17H27N5O5. The first-order valence-electron chi connectivity index (χ1n) is 8.60. The van der Waals surface area contributed by atoms with Gasteiger partial charge in [-0.25, -0.2) is 4.79 Å². The summed E-state index contributed by atoms with van der Waals surface area (Å²) in [5.41, 5.74) is -1.62. The van der Waals surface area contributed by atoms with Gasteiger partial charge in [-0.05, 0) is 66.0 Å². The number of imidazole rings is 1. The monoisotopic (exact) mass is 381 g/mol. The maximum absolute atomic E-state index is 12.6. The molecule has 0 aliphatic carbocycles. The quantitative estimate of drug-likeness (QED) is 0.265. The molecule has 1 heterocycles. The number of nitro groups is 1. The maximum Gasteiger partial charge on any atom is 0.442 e. The molecule has 0 amide bonds. The number of hydrogen-bond donors (Lipinski definition) is 2. The molecule has 0 aliphatic heterocycles. The van der Waals surface area contributed by atoms with Crippen molar-refractivity contribution < 1.29 is 19.3 Å². The molecule has 0 atom stereocenters. The summed E-state index contributed by atoms with van der Waals surface area (Å²) in [6.45, 7) is 10.6. The van der Waals surface area contributed by atoms with Gasteiger partial charge in [-0.3, -0.25) is 9.59 Å². The van der Waals surface area contributed by atoms with Crippen molar-refractivity contribution in [2.75, 3.05) is 13.1 Å². The van der Waals surface area contributed by atoms with Gasteiger partial charge in [-0.2, -0.15) is 4.57 Å². The van der Waals surface area contributed by atoms with Crippen molar-refractivity contribution in [1.82, 2.24) is 20.2 Å². The van der Waals surface area contributed by atoms with E-state index >= 15 is 0 Å². The summed E-state index contributed by atoms with van der Waals surface area (Å²) in [4.78, 5) is 50.2. The Bertz CT molecular complexity index is 751. The lowest BCUT2D eigenvalue weighted by atomic mass is 9.98. The van der Waals surface area contributed by atoms with Gasteiger partial charge in [0.25, 0.3) is 5.78 Å². The van der Waals surface area contributed by atoms with Crippen LogP contribution in [0.1, 0.15) is 51.5 Å². The Balaban J connectivity index is 2.69. The largest absolute Gasteiger partial charge is 0.442 e. The number of nitrogens with zero attached hydrogens (tertiary/aromatic N) is 3. The Labute approximate surface area is 157 Å². The van der Waals surface area contributed by atoms with Gasteiger partial charge >= 0.3 is 11.9 Å². The molecule has 0 unspecified atom stereocenters. The first-order valence-corrected chi connectivity index (χ1v) is 8.60. The van der Waals surface area contributed by atoms with Gasteiger partial charge in [0, 0.05) is 0 Å². The summed E-state index contributed by atoms with van der Waals surface area (Å²) in [6.07, 6.45) is 1.79. The third-order valence-electron chi connectivity index (χ3n) is 4.42. The molecule has 1 rings (SSSR count). The Hall–Kier alpha value is -2.46. The zero-order valence-electron chi connectivity index (χ0n) is 16.6. The second-order valence-corrected chi connectivity index (χ2v) is 7.44. The van der Waals surface area contributed by atoms with Crippen molar-refractivity contribution in [3.05, 3.63) is 22.0 Å². The summed E-state index contributed by atoms with van der Waals surface area (Å²) in [7, 11) is 0. The minimum atomic E-state index is -1.21. The average Bonchev–Trinajstić information content (AvgIpc) is 2.94. The summed E-state index contributed by atoms with van der Waals surface area (Å²) >= 11 is 0. The number of carbonyl (C=O) groups excluding carboxylic acids is 3. The average molecular weight is 381 g/mol. The second kappa shape index (κ2) is 8.49. The van der Waals surface area contributed by atoms with E-state index in [1.54, 1.807) is 13.8 Å². The standard InChI is InChI=1S/C17H27N5O5/c1-11-10-18-15(22(26)27)21(11)14(25)13(24)17(5,6)20-9-7-8-19-16(3,4)12(2)23/h10,19-20H,7-9H2,1-6H3. The summed E-state index contributed by atoms with van der Waals surface area (Å²) in [5.74, 6) is -2.47. The Morgan fingerprint density at radius 1 is 1.15 bits per heavy atom. The minimum absolute atomic E-state index is 0.0221. The minimum Gasteiger partial charge on any atom is -0.390 e. The predicted molar refractivity (Wildman–Crippen MR) is 98.7 cm³/mol. The van der Waals surface area contributed by atoms with Crippen LogP contribution < -0.4 is 10.6 Å². The highest BCUT2D eigenvalue weighted by molar-refractivity contribution is 6.40. The van der Waals surface area contributed by atoms with E-state index in [0.29, 0.717) is 24.1 Å². The topological polar surface area (TPSA) is 136 Å². The van der Waals surface area contributed by atoms with Crippen LogP contribution in [0.15, 0.2) is 6.20 Å². The summed E-state index contributed by atoms with van der Waals surface area (Å²) < 4.78 is 0.711. The van der Waals surface area contributed by atoms with Crippen LogP contribution >= 0.6 is 0 Å². The van der Waals surface area contributed by atoms with Crippen molar-refractivity contribution in [1.29, 1.82) is 0 Å².